The molecule has 2 aromatic rings. The Bertz CT molecular complexity index is 700. The lowest BCUT2D eigenvalue weighted by molar-refractivity contribution is 0.136. The number of hydrogen-bond acceptors (Lipinski definition) is 4. The Labute approximate surface area is 129 Å². The van der Waals surface area contributed by atoms with Gasteiger partial charge >= 0.3 is 0 Å². The van der Waals surface area contributed by atoms with E-state index in [4.69, 9.17) is 9.47 Å². The van der Waals surface area contributed by atoms with Crippen LogP contribution in [0.15, 0.2) is 42.5 Å². The summed E-state index contributed by atoms with van der Waals surface area (Å²) in [6.45, 7) is 2.39. The molecule has 2 N–H and O–H groups in total. The van der Waals surface area contributed by atoms with Crippen molar-refractivity contribution in [3.8, 4) is 11.5 Å². The second kappa shape index (κ2) is 5.30. The van der Waals surface area contributed by atoms with E-state index in [9.17, 15) is 5.11 Å². The molecule has 0 saturated carbocycles. The monoisotopic (exact) mass is 297 g/mol. The van der Waals surface area contributed by atoms with E-state index in [0.717, 1.165) is 29.0 Å². The summed E-state index contributed by atoms with van der Waals surface area (Å²) in [7, 11) is 0. The third-order valence-corrected chi connectivity index (χ3v) is 4.56. The molecule has 0 fully saturated rings. The van der Waals surface area contributed by atoms with E-state index in [1.54, 1.807) is 0 Å². The molecule has 1 aliphatic heterocycles. The lowest BCUT2D eigenvalue weighted by Crippen LogP contribution is -2.34. The molecule has 0 aromatic heterocycles. The molecule has 3 atom stereocenters. The normalized spacial score (nSPS) is 23.4. The molecule has 0 saturated heterocycles. The van der Waals surface area contributed by atoms with E-state index in [2.05, 4.69) is 18.3 Å². The molecular weight excluding hydrogens is 278 g/mol. The van der Waals surface area contributed by atoms with Gasteiger partial charge in [0.2, 0.25) is 6.79 Å². The van der Waals surface area contributed by atoms with Crippen LogP contribution in [0.3, 0.4) is 0 Å². The molecule has 114 valence electrons. The average molecular weight is 297 g/mol. The highest BCUT2D eigenvalue weighted by atomic mass is 16.7. The molecule has 2 aliphatic rings. The zero-order valence-corrected chi connectivity index (χ0v) is 12.5. The number of rotatable bonds is 3. The van der Waals surface area contributed by atoms with Crippen LogP contribution in [-0.4, -0.2) is 17.9 Å². The average Bonchev–Trinajstić information content (AvgIpc) is 3.12. The van der Waals surface area contributed by atoms with E-state index < -0.39 is 6.10 Å². The minimum atomic E-state index is -0.451. The number of nitrogens with one attached hydrogen (secondary N) is 1. The first kappa shape index (κ1) is 13.6. The smallest absolute Gasteiger partial charge is 0.231 e. The predicted molar refractivity (Wildman–Crippen MR) is 83.0 cm³/mol. The van der Waals surface area contributed by atoms with Gasteiger partial charge in [0.05, 0.1) is 6.10 Å². The molecule has 0 amide bonds. The summed E-state index contributed by atoms with van der Waals surface area (Å²) in [6, 6.07) is 14.3. The summed E-state index contributed by atoms with van der Waals surface area (Å²) < 4.78 is 10.8. The van der Waals surface area contributed by atoms with E-state index >= 15 is 0 Å². The number of aliphatic hydroxyl groups is 1. The van der Waals surface area contributed by atoms with Gasteiger partial charge in [-0.3, -0.25) is 0 Å². The number of ether oxygens (including phenoxy) is 2. The van der Waals surface area contributed by atoms with Gasteiger partial charge in [-0.25, -0.2) is 0 Å². The highest BCUT2D eigenvalue weighted by molar-refractivity contribution is 5.45. The van der Waals surface area contributed by atoms with Crippen LogP contribution in [0.5, 0.6) is 11.5 Å². The molecule has 0 radical (unpaired) electrons. The van der Waals surface area contributed by atoms with Crippen LogP contribution in [0.2, 0.25) is 0 Å². The van der Waals surface area contributed by atoms with Crippen LogP contribution in [0.4, 0.5) is 0 Å². The van der Waals surface area contributed by atoms with E-state index in [-0.39, 0.29) is 18.9 Å². The van der Waals surface area contributed by atoms with Crippen LogP contribution in [0, 0.1) is 0 Å². The minimum absolute atomic E-state index is 0.0397. The van der Waals surface area contributed by atoms with Crippen molar-refractivity contribution in [2.75, 3.05) is 6.79 Å². The van der Waals surface area contributed by atoms with Gasteiger partial charge in [-0.1, -0.05) is 30.3 Å². The summed E-state index contributed by atoms with van der Waals surface area (Å²) in [6.07, 6.45) is 0.402. The van der Waals surface area contributed by atoms with Gasteiger partial charge in [0, 0.05) is 12.1 Å². The zero-order valence-electron chi connectivity index (χ0n) is 12.5. The van der Waals surface area contributed by atoms with Crippen LogP contribution < -0.4 is 14.8 Å². The molecule has 4 rings (SSSR count). The molecule has 2 aromatic carbocycles. The van der Waals surface area contributed by atoms with Crippen molar-refractivity contribution in [1.29, 1.82) is 0 Å². The predicted octanol–water partition coefficient (Wildman–Crippen LogP) is 2.72. The van der Waals surface area contributed by atoms with Crippen molar-refractivity contribution >= 4 is 0 Å². The second-order valence-corrected chi connectivity index (χ2v) is 5.96. The van der Waals surface area contributed by atoms with Gasteiger partial charge in [0.15, 0.2) is 11.5 Å². The van der Waals surface area contributed by atoms with Crippen molar-refractivity contribution in [1.82, 2.24) is 5.32 Å². The lowest BCUT2D eigenvalue weighted by atomic mass is 10.0. The Kier molecular flexibility index (Phi) is 3.28. The minimum Gasteiger partial charge on any atom is -0.454 e. The molecular formula is C18H19NO3. The van der Waals surface area contributed by atoms with Gasteiger partial charge in [0.1, 0.15) is 0 Å². The Morgan fingerprint density at radius 1 is 1.14 bits per heavy atom. The van der Waals surface area contributed by atoms with Gasteiger partial charge in [-0.2, -0.15) is 0 Å². The summed E-state index contributed by atoms with van der Waals surface area (Å²) in [4.78, 5) is 0. The van der Waals surface area contributed by atoms with E-state index in [0.29, 0.717) is 0 Å². The summed E-state index contributed by atoms with van der Waals surface area (Å²) in [5.41, 5.74) is 3.40. The van der Waals surface area contributed by atoms with Crippen molar-refractivity contribution < 1.29 is 14.6 Å². The second-order valence-electron chi connectivity index (χ2n) is 5.96. The van der Waals surface area contributed by atoms with Gasteiger partial charge in [-0.15, -0.1) is 0 Å². The number of aliphatic hydroxyl groups excluding tert-OH is 1. The third-order valence-electron chi connectivity index (χ3n) is 4.56. The highest BCUT2D eigenvalue weighted by Crippen LogP contribution is 2.36. The fourth-order valence-electron chi connectivity index (χ4n) is 3.32. The number of benzene rings is 2. The maximum Gasteiger partial charge on any atom is 0.231 e. The highest BCUT2D eigenvalue weighted by Gasteiger charge is 2.31. The summed E-state index contributed by atoms with van der Waals surface area (Å²) in [5.74, 6) is 1.59. The maximum absolute atomic E-state index is 10.5. The molecule has 0 spiro atoms. The molecule has 4 heteroatoms. The fraction of sp³-hybridized carbons (Fsp3) is 0.333. The third kappa shape index (κ3) is 2.25. The first-order chi connectivity index (χ1) is 10.7. The van der Waals surface area contributed by atoms with E-state index in [1.165, 1.54) is 5.56 Å². The standard InChI is InChI=1S/C18H19NO3/c1-11(12-6-7-16-17(9-12)22-10-21-16)19-15-8-13-4-2-3-5-14(13)18(15)20/h2-7,9,11,15,18-20H,8,10H2,1H3. The van der Waals surface area contributed by atoms with Crippen LogP contribution in [0.1, 0.15) is 35.8 Å². The van der Waals surface area contributed by atoms with Gasteiger partial charge < -0.3 is 19.9 Å². The van der Waals surface area contributed by atoms with Crippen LogP contribution in [-0.2, 0) is 6.42 Å². The van der Waals surface area contributed by atoms with Gasteiger partial charge in [0.25, 0.3) is 0 Å². The number of hydrogen-bond donors (Lipinski definition) is 2. The lowest BCUT2D eigenvalue weighted by Gasteiger charge is -2.23. The van der Waals surface area contributed by atoms with Gasteiger partial charge in [-0.05, 0) is 42.2 Å². The van der Waals surface area contributed by atoms with E-state index in [1.807, 2.05) is 36.4 Å². The van der Waals surface area contributed by atoms with Crippen molar-refractivity contribution in [3.63, 3.8) is 0 Å². The molecule has 1 heterocycles. The van der Waals surface area contributed by atoms with Crippen LogP contribution >= 0.6 is 0 Å². The quantitative estimate of drug-likeness (QED) is 0.914. The SMILES string of the molecule is CC(NC1Cc2ccccc2C1O)c1ccc2c(c1)OCO2. The fourth-order valence-corrected chi connectivity index (χ4v) is 3.32. The topological polar surface area (TPSA) is 50.7 Å². The summed E-state index contributed by atoms with van der Waals surface area (Å²) in [5, 5.41) is 14.0. The largest absolute Gasteiger partial charge is 0.454 e. The Hall–Kier alpha value is -2.04. The first-order valence-electron chi connectivity index (χ1n) is 7.64. The van der Waals surface area contributed by atoms with Crippen molar-refractivity contribution in [3.05, 3.63) is 59.2 Å². The van der Waals surface area contributed by atoms with Crippen molar-refractivity contribution in [2.24, 2.45) is 0 Å². The Morgan fingerprint density at radius 3 is 2.82 bits per heavy atom. The zero-order chi connectivity index (χ0) is 15.1. The molecule has 3 unspecified atom stereocenters. The molecule has 4 nitrogen and oxygen atoms in total. The molecule has 0 bridgehead atoms. The maximum atomic E-state index is 10.5. The Morgan fingerprint density at radius 2 is 1.95 bits per heavy atom. The van der Waals surface area contributed by atoms with Crippen molar-refractivity contribution in [2.45, 2.75) is 31.5 Å². The number of fused-ring (bicyclic) bond motifs is 2. The van der Waals surface area contributed by atoms with Crippen LogP contribution in [0.25, 0.3) is 0 Å². The molecule has 22 heavy (non-hydrogen) atoms. The Balaban J connectivity index is 1.50. The molecule has 1 aliphatic carbocycles. The first-order valence-corrected chi connectivity index (χ1v) is 7.64. The summed E-state index contributed by atoms with van der Waals surface area (Å²) >= 11 is 0.